The van der Waals surface area contributed by atoms with Crippen LogP contribution in [0, 0.1) is 0 Å². The third-order valence-corrected chi connectivity index (χ3v) is 5.21. The molecule has 0 aromatic carbocycles. The molecule has 102 valence electrons. The van der Waals surface area contributed by atoms with Crippen molar-refractivity contribution in [1.82, 2.24) is 10.0 Å². The Bertz CT molecular complexity index is 298. The zero-order valence-corrected chi connectivity index (χ0v) is 11.9. The first-order valence-corrected chi connectivity index (χ1v) is 8.32. The number of rotatable bonds is 7. The van der Waals surface area contributed by atoms with E-state index in [-0.39, 0.29) is 11.3 Å². The number of hydrogen-bond donors (Lipinski definition) is 2. The first kappa shape index (κ1) is 14.9. The van der Waals surface area contributed by atoms with Crippen molar-refractivity contribution in [3.63, 3.8) is 0 Å². The van der Waals surface area contributed by atoms with Gasteiger partial charge < -0.3 is 5.32 Å². The van der Waals surface area contributed by atoms with E-state index in [0.717, 1.165) is 38.6 Å². The Labute approximate surface area is 106 Å². The second kappa shape index (κ2) is 7.34. The van der Waals surface area contributed by atoms with E-state index in [1.807, 2.05) is 0 Å². The SMILES string of the molecule is CCCNCC(C)S(=O)(=O)NC1CCCCC1. The Balaban J connectivity index is 2.37. The maximum Gasteiger partial charge on any atom is 0.215 e. The molecule has 5 heteroatoms. The number of hydrogen-bond acceptors (Lipinski definition) is 3. The van der Waals surface area contributed by atoms with Crippen LogP contribution in [0.5, 0.6) is 0 Å². The Morgan fingerprint density at radius 1 is 1.24 bits per heavy atom. The lowest BCUT2D eigenvalue weighted by molar-refractivity contribution is 0.410. The van der Waals surface area contributed by atoms with Gasteiger partial charge in [0.15, 0.2) is 0 Å². The van der Waals surface area contributed by atoms with E-state index >= 15 is 0 Å². The van der Waals surface area contributed by atoms with Gasteiger partial charge in [0, 0.05) is 12.6 Å². The van der Waals surface area contributed by atoms with E-state index in [9.17, 15) is 8.42 Å². The maximum atomic E-state index is 12.0. The Morgan fingerprint density at radius 3 is 2.47 bits per heavy atom. The van der Waals surface area contributed by atoms with Gasteiger partial charge in [0.1, 0.15) is 0 Å². The molecule has 1 fully saturated rings. The van der Waals surface area contributed by atoms with Gasteiger partial charge in [-0.1, -0.05) is 26.2 Å². The van der Waals surface area contributed by atoms with E-state index in [2.05, 4.69) is 17.0 Å². The van der Waals surface area contributed by atoms with E-state index in [1.165, 1.54) is 6.42 Å². The molecule has 0 heterocycles. The minimum Gasteiger partial charge on any atom is -0.315 e. The van der Waals surface area contributed by atoms with E-state index in [0.29, 0.717) is 6.54 Å². The molecule has 2 N–H and O–H groups in total. The molecule has 0 aliphatic heterocycles. The molecule has 4 nitrogen and oxygen atoms in total. The monoisotopic (exact) mass is 262 g/mol. The van der Waals surface area contributed by atoms with Gasteiger partial charge in [0.25, 0.3) is 0 Å². The molecule has 17 heavy (non-hydrogen) atoms. The van der Waals surface area contributed by atoms with Crippen LogP contribution in [0.3, 0.4) is 0 Å². The summed E-state index contributed by atoms with van der Waals surface area (Å²) < 4.78 is 26.9. The van der Waals surface area contributed by atoms with Gasteiger partial charge in [-0.3, -0.25) is 0 Å². The molecule has 0 radical (unpaired) electrons. The zero-order chi connectivity index (χ0) is 12.7. The van der Waals surface area contributed by atoms with Crippen LogP contribution in [-0.4, -0.2) is 32.8 Å². The minimum atomic E-state index is -3.15. The van der Waals surface area contributed by atoms with Crippen LogP contribution in [0.15, 0.2) is 0 Å². The fourth-order valence-corrected chi connectivity index (χ4v) is 3.43. The average molecular weight is 262 g/mol. The van der Waals surface area contributed by atoms with Gasteiger partial charge in [-0.05, 0) is 32.7 Å². The smallest absolute Gasteiger partial charge is 0.215 e. The first-order chi connectivity index (χ1) is 8.06. The molecule has 0 spiro atoms. The third kappa shape index (κ3) is 5.36. The summed E-state index contributed by atoms with van der Waals surface area (Å²) in [4.78, 5) is 0. The van der Waals surface area contributed by atoms with Crippen molar-refractivity contribution in [3.8, 4) is 0 Å². The molecule has 1 saturated carbocycles. The largest absolute Gasteiger partial charge is 0.315 e. The molecular formula is C12H26N2O2S. The number of nitrogens with one attached hydrogen (secondary N) is 2. The molecular weight excluding hydrogens is 236 g/mol. The summed E-state index contributed by atoms with van der Waals surface area (Å²) in [6, 6.07) is 0.169. The Hall–Kier alpha value is -0.130. The molecule has 1 aliphatic rings. The van der Waals surface area contributed by atoms with E-state index in [1.54, 1.807) is 6.92 Å². The second-order valence-electron chi connectivity index (χ2n) is 5.01. The summed E-state index contributed by atoms with van der Waals surface area (Å²) in [6.45, 7) is 5.26. The first-order valence-electron chi connectivity index (χ1n) is 6.78. The van der Waals surface area contributed by atoms with Gasteiger partial charge in [-0.25, -0.2) is 13.1 Å². The van der Waals surface area contributed by atoms with Crippen molar-refractivity contribution in [2.45, 2.75) is 63.7 Å². The maximum absolute atomic E-state index is 12.0. The third-order valence-electron chi connectivity index (χ3n) is 3.32. The van der Waals surface area contributed by atoms with Crippen molar-refractivity contribution >= 4 is 10.0 Å². The average Bonchev–Trinajstić information content (AvgIpc) is 2.30. The molecule has 1 rings (SSSR count). The lowest BCUT2D eigenvalue weighted by Gasteiger charge is -2.24. The fraction of sp³-hybridized carbons (Fsp3) is 1.00. The highest BCUT2D eigenvalue weighted by Gasteiger charge is 2.24. The molecule has 0 aromatic rings. The van der Waals surface area contributed by atoms with Crippen LogP contribution >= 0.6 is 0 Å². The highest BCUT2D eigenvalue weighted by Crippen LogP contribution is 2.18. The zero-order valence-electron chi connectivity index (χ0n) is 11.0. The lowest BCUT2D eigenvalue weighted by Crippen LogP contribution is -2.44. The molecule has 1 aliphatic carbocycles. The summed E-state index contributed by atoms with van der Waals surface area (Å²) in [5.41, 5.74) is 0. The summed E-state index contributed by atoms with van der Waals surface area (Å²) in [5.74, 6) is 0. The molecule has 0 amide bonds. The van der Waals surface area contributed by atoms with Crippen LogP contribution in [0.25, 0.3) is 0 Å². The Morgan fingerprint density at radius 2 is 1.88 bits per heavy atom. The quantitative estimate of drug-likeness (QED) is 0.686. The fourth-order valence-electron chi connectivity index (χ4n) is 2.16. The highest BCUT2D eigenvalue weighted by atomic mass is 32.2. The van der Waals surface area contributed by atoms with Crippen molar-refractivity contribution in [2.24, 2.45) is 0 Å². The van der Waals surface area contributed by atoms with Crippen LogP contribution in [0.4, 0.5) is 0 Å². The Kier molecular flexibility index (Phi) is 6.44. The summed E-state index contributed by atoms with van der Waals surface area (Å²) >= 11 is 0. The van der Waals surface area contributed by atoms with Crippen molar-refractivity contribution in [3.05, 3.63) is 0 Å². The molecule has 0 saturated heterocycles. The summed E-state index contributed by atoms with van der Waals surface area (Å²) in [7, 11) is -3.15. The molecule has 1 atom stereocenters. The highest BCUT2D eigenvalue weighted by molar-refractivity contribution is 7.90. The van der Waals surface area contributed by atoms with Gasteiger partial charge >= 0.3 is 0 Å². The predicted molar refractivity (Wildman–Crippen MR) is 71.6 cm³/mol. The lowest BCUT2D eigenvalue weighted by atomic mass is 9.96. The van der Waals surface area contributed by atoms with Crippen molar-refractivity contribution in [2.75, 3.05) is 13.1 Å². The number of sulfonamides is 1. The topological polar surface area (TPSA) is 58.2 Å². The van der Waals surface area contributed by atoms with Crippen LogP contribution in [0.1, 0.15) is 52.4 Å². The van der Waals surface area contributed by atoms with Crippen LogP contribution < -0.4 is 10.0 Å². The molecule has 0 bridgehead atoms. The summed E-state index contributed by atoms with van der Waals surface area (Å²) in [5, 5.41) is 2.81. The van der Waals surface area contributed by atoms with E-state index in [4.69, 9.17) is 0 Å². The van der Waals surface area contributed by atoms with Crippen molar-refractivity contribution in [1.29, 1.82) is 0 Å². The minimum absolute atomic E-state index is 0.169. The van der Waals surface area contributed by atoms with Gasteiger partial charge in [0.05, 0.1) is 5.25 Å². The van der Waals surface area contributed by atoms with Crippen molar-refractivity contribution < 1.29 is 8.42 Å². The molecule has 0 aromatic heterocycles. The predicted octanol–water partition coefficient (Wildman–Crippen LogP) is 1.63. The van der Waals surface area contributed by atoms with Gasteiger partial charge in [-0.15, -0.1) is 0 Å². The van der Waals surface area contributed by atoms with Crippen LogP contribution in [-0.2, 0) is 10.0 Å². The normalized spacial score (nSPS) is 20.4. The van der Waals surface area contributed by atoms with Gasteiger partial charge in [-0.2, -0.15) is 0 Å². The van der Waals surface area contributed by atoms with Crippen LogP contribution in [0.2, 0.25) is 0 Å². The van der Waals surface area contributed by atoms with Gasteiger partial charge in [0.2, 0.25) is 10.0 Å². The standard InChI is InChI=1S/C12H26N2O2S/c1-3-9-13-10-11(2)17(15,16)14-12-7-5-4-6-8-12/h11-14H,3-10H2,1-2H3. The second-order valence-corrected chi connectivity index (χ2v) is 7.14. The molecule has 1 unspecified atom stereocenters. The summed E-state index contributed by atoms with van der Waals surface area (Å²) in [6.07, 6.45) is 6.56. The van der Waals surface area contributed by atoms with E-state index < -0.39 is 10.0 Å².